The van der Waals surface area contributed by atoms with Crippen LogP contribution in [0.15, 0.2) is 12.7 Å². The van der Waals surface area contributed by atoms with Crippen molar-refractivity contribution in [1.29, 1.82) is 0 Å². The van der Waals surface area contributed by atoms with Crippen LogP contribution in [0, 0.1) is 11.5 Å². The standard InChI is InChI=1S/C15H26OSi/c1-5-10-15(11-7-6-8-12-15)16-13-9-14-17(2,3)4/h5H,1,6-8,10-13H2,2-4H3. The molecule has 0 amide bonds. The second-order valence-electron chi connectivity index (χ2n) is 6.08. The second kappa shape index (κ2) is 6.42. The lowest BCUT2D eigenvalue weighted by Crippen LogP contribution is -2.34. The first-order chi connectivity index (χ1) is 7.97. The van der Waals surface area contributed by atoms with Gasteiger partial charge in [-0.05, 0) is 19.3 Å². The normalized spacial score (nSPS) is 19.2. The van der Waals surface area contributed by atoms with Crippen molar-refractivity contribution in [3.8, 4) is 11.5 Å². The molecule has 1 fully saturated rings. The summed E-state index contributed by atoms with van der Waals surface area (Å²) >= 11 is 0. The third-order valence-corrected chi connectivity index (χ3v) is 4.12. The minimum absolute atomic E-state index is 0.0497. The van der Waals surface area contributed by atoms with Crippen LogP contribution in [0.5, 0.6) is 0 Å². The van der Waals surface area contributed by atoms with Crippen molar-refractivity contribution in [3.05, 3.63) is 12.7 Å². The molecule has 0 aromatic heterocycles. The Kier molecular flexibility index (Phi) is 5.49. The molecule has 17 heavy (non-hydrogen) atoms. The summed E-state index contributed by atoms with van der Waals surface area (Å²) in [5.41, 5.74) is 3.41. The number of rotatable bonds is 4. The first kappa shape index (κ1) is 14.5. The van der Waals surface area contributed by atoms with E-state index in [0.29, 0.717) is 6.61 Å². The van der Waals surface area contributed by atoms with Crippen molar-refractivity contribution in [1.82, 2.24) is 0 Å². The van der Waals surface area contributed by atoms with Gasteiger partial charge in [0.15, 0.2) is 0 Å². The van der Waals surface area contributed by atoms with Crippen LogP contribution < -0.4 is 0 Å². The highest BCUT2D eigenvalue weighted by Crippen LogP contribution is 2.34. The molecule has 0 heterocycles. The Morgan fingerprint density at radius 1 is 1.24 bits per heavy atom. The lowest BCUT2D eigenvalue weighted by atomic mass is 9.82. The van der Waals surface area contributed by atoms with E-state index >= 15 is 0 Å². The van der Waals surface area contributed by atoms with Gasteiger partial charge in [-0.2, -0.15) is 0 Å². The van der Waals surface area contributed by atoms with E-state index in [-0.39, 0.29) is 5.60 Å². The molecule has 0 spiro atoms. The predicted molar refractivity (Wildman–Crippen MR) is 77.7 cm³/mol. The maximum absolute atomic E-state index is 6.08. The Balaban J connectivity index is 2.49. The Morgan fingerprint density at radius 2 is 1.88 bits per heavy atom. The largest absolute Gasteiger partial charge is 0.362 e. The van der Waals surface area contributed by atoms with E-state index < -0.39 is 8.07 Å². The summed E-state index contributed by atoms with van der Waals surface area (Å²) in [5.74, 6) is 3.21. The van der Waals surface area contributed by atoms with Gasteiger partial charge in [0.05, 0.1) is 5.60 Å². The van der Waals surface area contributed by atoms with Gasteiger partial charge in [0.1, 0.15) is 14.7 Å². The van der Waals surface area contributed by atoms with Crippen molar-refractivity contribution >= 4 is 8.07 Å². The fourth-order valence-corrected chi connectivity index (χ4v) is 2.96. The van der Waals surface area contributed by atoms with Crippen LogP contribution in [0.3, 0.4) is 0 Å². The van der Waals surface area contributed by atoms with Crippen LogP contribution in [0.4, 0.5) is 0 Å². The smallest absolute Gasteiger partial charge is 0.129 e. The summed E-state index contributed by atoms with van der Waals surface area (Å²) in [6, 6.07) is 0. The van der Waals surface area contributed by atoms with Crippen LogP contribution in [0.25, 0.3) is 0 Å². The van der Waals surface area contributed by atoms with Crippen molar-refractivity contribution in [2.75, 3.05) is 6.61 Å². The molecule has 0 bridgehead atoms. The zero-order chi connectivity index (χ0) is 12.8. The van der Waals surface area contributed by atoms with Gasteiger partial charge in [-0.25, -0.2) is 0 Å². The first-order valence-electron chi connectivity index (χ1n) is 6.72. The molecule has 1 aliphatic carbocycles. The summed E-state index contributed by atoms with van der Waals surface area (Å²) in [6.07, 6.45) is 9.24. The highest BCUT2D eigenvalue weighted by Gasteiger charge is 2.31. The molecule has 0 N–H and O–H groups in total. The van der Waals surface area contributed by atoms with Gasteiger partial charge < -0.3 is 4.74 Å². The van der Waals surface area contributed by atoms with Gasteiger partial charge in [-0.3, -0.25) is 0 Å². The van der Waals surface area contributed by atoms with E-state index in [1.165, 1.54) is 32.1 Å². The highest BCUT2D eigenvalue weighted by molar-refractivity contribution is 6.83. The van der Waals surface area contributed by atoms with Crippen LogP contribution in [-0.2, 0) is 4.74 Å². The second-order valence-corrected chi connectivity index (χ2v) is 10.8. The first-order valence-corrected chi connectivity index (χ1v) is 10.2. The Bertz CT molecular complexity index is 297. The quantitative estimate of drug-likeness (QED) is 0.413. The van der Waals surface area contributed by atoms with Crippen molar-refractivity contribution < 1.29 is 4.74 Å². The molecule has 1 aliphatic rings. The lowest BCUT2D eigenvalue weighted by Gasteiger charge is -2.36. The van der Waals surface area contributed by atoms with Crippen molar-refractivity contribution in [3.63, 3.8) is 0 Å². The fourth-order valence-electron chi connectivity index (χ4n) is 2.36. The van der Waals surface area contributed by atoms with Crippen LogP contribution >= 0.6 is 0 Å². The molecular weight excluding hydrogens is 224 g/mol. The average molecular weight is 250 g/mol. The molecule has 96 valence electrons. The van der Waals surface area contributed by atoms with E-state index in [1.807, 2.05) is 6.08 Å². The SMILES string of the molecule is C=CCC1(OCC#C[Si](C)(C)C)CCCCC1. The van der Waals surface area contributed by atoms with Gasteiger partial charge in [-0.15, -0.1) is 12.1 Å². The summed E-state index contributed by atoms with van der Waals surface area (Å²) < 4.78 is 6.08. The van der Waals surface area contributed by atoms with Crippen LogP contribution in [0.2, 0.25) is 19.6 Å². The molecule has 0 aliphatic heterocycles. The van der Waals surface area contributed by atoms with E-state index in [1.54, 1.807) is 0 Å². The van der Waals surface area contributed by atoms with E-state index in [0.717, 1.165) is 6.42 Å². The molecule has 1 rings (SSSR count). The average Bonchev–Trinajstić information content (AvgIpc) is 2.25. The number of ether oxygens (including phenoxy) is 1. The molecular formula is C15H26OSi. The Labute approximate surface area is 108 Å². The summed E-state index contributed by atoms with van der Waals surface area (Å²) in [6.45, 7) is 11.2. The molecule has 0 aromatic carbocycles. The zero-order valence-corrected chi connectivity index (χ0v) is 12.6. The van der Waals surface area contributed by atoms with Crippen molar-refractivity contribution in [2.45, 2.75) is 63.8 Å². The van der Waals surface area contributed by atoms with Gasteiger partial charge >= 0.3 is 0 Å². The zero-order valence-electron chi connectivity index (χ0n) is 11.6. The Morgan fingerprint density at radius 3 is 2.41 bits per heavy atom. The third kappa shape index (κ3) is 5.56. The number of hydrogen-bond acceptors (Lipinski definition) is 1. The molecule has 0 atom stereocenters. The monoisotopic (exact) mass is 250 g/mol. The summed E-state index contributed by atoms with van der Waals surface area (Å²) in [7, 11) is -1.25. The van der Waals surface area contributed by atoms with Gasteiger partial charge in [-0.1, -0.05) is 50.9 Å². The summed E-state index contributed by atoms with van der Waals surface area (Å²) in [5, 5.41) is 0. The van der Waals surface area contributed by atoms with Crippen LogP contribution in [0.1, 0.15) is 38.5 Å². The molecule has 1 saturated carbocycles. The molecule has 2 heteroatoms. The highest BCUT2D eigenvalue weighted by atomic mass is 28.3. The van der Waals surface area contributed by atoms with E-state index in [9.17, 15) is 0 Å². The molecule has 0 aromatic rings. The molecule has 0 unspecified atom stereocenters. The van der Waals surface area contributed by atoms with Gasteiger partial charge in [0.2, 0.25) is 0 Å². The topological polar surface area (TPSA) is 9.23 Å². The predicted octanol–water partition coefficient (Wildman–Crippen LogP) is 4.16. The molecule has 0 saturated heterocycles. The molecule has 1 nitrogen and oxygen atoms in total. The molecule has 0 radical (unpaired) electrons. The minimum Gasteiger partial charge on any atom is -0.362 e. The van der Waals surface area contributed by atoms with Crippen molar-refractivity contribution in [2.24, 2.45) is 0 Å². The lowest BCUT2D eigenvalue weighted by molar-refractivity contribution is -0.0526. The third-order valence-electron chi connectivity index (χ3n) is 3.20. The van der Waals surface area contributed by atoms with Gasteiger partial charge in [0, 0.05) is 0 Å². The van der Waals surface area contributed by atoms with Gasteiger partial charge in [0.25, 0.3) is 0 Å². The number of hydrogen-bond donors (Lipinski definition) is 0. The van der Waals surface area contributed by atoms with E-state index in [2.05, 4.69) is 37.7 Å². The maximum atomic E-state index is 6.08. The fraction of sp³-hybridized carbons (Fsp3) is 0.733. The van der Waals surface area contributed by atoms with E-state index in [4.69, 9.17) is 4.74 Å². The maximum Gasteiger partial charge on any atom is 0.129 e. The van der Waals surface area contributed by atoms with Crippen LogP contribution in [-0.4, -0.2) is 20.3 Å². The summed E-state index contributed by atoms with van der Waals surface area (Å²) in [4.78, 5) is 0. The Hall–Kier alpha value is -0.523. The minimum atomic E-state index is -1.25.